The van der Waals surface area contributed by atoms with Gasteiger partial charge in [0.05, 0.1) is 0 Å². The number of nitrogen functional groups attached to an aromatic ring is 1. The molecule has 0 bridgehead atoms. The van der Waals surface area contributed by atoms with Gasteiger partial charge in [-0.25, -0.2) is 0 Å². The molecule has 0 saturated carbocycles. The van der Waals surface area contributed by atoms with Crippen LogP contribution in [0.5, 0.6) is 5.75 Å². The van der Waals surface area contributed by atoms with Crippen LogP contribution < -0.4 is 5.73 Å². The molecule has 0 saturated heterocycles. The Morgan fingerprint density at radius 1 is 0.800 bits per heavy atom. The summed E-state index contributed by atoms with van der Waals surface area (Å²) in [5, 5.41) is 9.63. The van der Waals surface area contributed by atoms with Crippen LogP contribution in [0.3, 0.4) is 0 Å². The molecule has 0 aliphatic carbocycles. The van der Waals surface area contributed by atoms with E-state index in [1.54, 1.807) is 12.1 Å². The van der Waals surface area contributed by atoms with E-state index in [2.05, 4.69) is 0 Å². The zero-order valence-corrected chi connectivity index (χ0v) is 8.87. The molecule has 2 nitrogen and oxygen atoms in total. The van der Waals surface area contributed by atoms with Crippen LogP contribution in [0.4, 0.5) is 5.69 Å². The topological polar surface area (TPSA) is 46.2 Å². The highest BCUT2D eigenvalue weighted by Gasteiger charge is 2.04. The maximum atomic E-state index is 9.63. The first-order chi connectivity index (χ1) is 6.79. The summed E-state index contributed by atoms with van der Waals surface area (Å²) in [6, 6.07) is 14.7. The Morgan fingerprint density at radius 2 is 1.33 bits per heavy atom. The molecule has 2 rings (SSSR count). The normalized spacial score (nSPS) is 9.33. The Hall–Kier alpha value is -1.67. The lowest BCUT2D eigenvalue weighted by atomic mass is 10.0. The van der Waals surface area contributed by atoms with Gasteiger partial charge in [-0.3, -0.25) is 0 Å². The van der Waals surface area contributed by atoms with Gasteiger partial charge in [0, 0.05) is 16.8 Å². The van der Waals surface area contributed by atoms with E-state index in [0.29, 0.717) is 5.69 Å². The van der Waals surface area contributed by atoms with Gasteiger partial charge in [-0.05, 0) is 12.1 Å². The van der Waals surface area contributed by atoms with Gasteiger partial charge < -0.3 is 10.8 Å². The first-order valence-corrected chi connectivity index (χ1v) is 4.42. The predicted octanol–water partition coefficient (Wildman–Crippen LogP) is 3.06. The van der Waals surface area contributed by atoms with Crippen molar-refractivity contribution >= 4 is 18.1 Å². The molecular weight excluding hydrogens is 210 g/mol. The van der Waals surface area contributed by atoms with Gasteiger partial charge in [-0.1, -0.05) is 36.4 Å². The van der Waals surface area contributed by atoms with Crippen molar-refractivity contribution < 1.29 is 5.11 Å². The highest BCUT2D eigenvalue weighted by atomic mass is 35.5. The molecular formula is C12H12ClNO. The number of hydrogen-bond acceptors (Lipinski definition) is 2. The largest absolute Gasteiger partial charge is 0.507 e. The van der Waals surface area contributed by atoms with E-state index in [9.17, 15) is 5.11 Å². The Kier molecular flexibility index (Phi) is 3.58. The lowest BCUT2D eigenvalue weighted by Gasteiger charge is -2.06. The lowest BCUT2D eigenvalue weighted by Crippen LogP contribution is -1.89. The number of halogens is 1. The molecule has 2 aromatic carbocycles. The molecule has 2 aromatic rings. The van der Waals surface area contributed by atoms with Crippen LogP contribution >= 0.6 is 12.4 Å². The van der Waals surface area contributed by atoms with Crippen molar-refractivity contribution in [1.82, 2.24) is 0 Å². The number of hydrogen-bond donors (Lipinski definition) is 2. The molecule has 0 aliphatic heterocycles. The summed E-state index contributed by atoms with van der Waals surface area (Å²) >= 11 is 0. The molecule has 0 aliphatic rings. The molecule has 15 heavy (non-hydrogen) atoms. The fraction of sp³-hybridized carbons (Fsp3) is 0. The summed E-state index contributed by atoms with van der Waals surface area (Å²) in [4.78, 5) is 0. The van der Waals surface area contributed by atoms with Crippen molar-refractivity contribution in [3.05, 3.63) is 48.5 Å². The number of benzene rings is 2. The third-order valence-corrected chi connectivity index (χ3v) is 2.16. The first kappa shape index (κ1) is 11.4. The number of para-hydroxylation sites is 2. The minimum atomic E-state index is 0. The number of phenolic OH excluding ortho intramolecular Hbond substituents is 1. The van der Waals surface area contributed by atoms with Crippen LogP contribution in [0.15, 0.2) is 48.5 Å². The van der Waals surface area contributed by atoms with Gasteiger partial charge in [0.25, 0.3) is 0 Å². The zero-order valence-electron chi connectivity index (χ0n) is 8.05. The van der Waals surface area contributed by atoms with E-state index in [1.807, 2.05) is 36.4 Å². The summed E-state index contributed by atoms with van der Waals surface area (Å²) < 4.78 is 0. The van der Waals surface area contributed by atoms with Gasteiger partial charge >= 0.3 is 0 Å². The first-order valence-electron chi connectivity index (χ1n) is 4.42. The van der Waals surface area contributed by atoms with E-state index in [1.165, 1.54) is 0 Å². The van der Waals surface area contributed by atoms with Gasteiger partial charge in [0.15, 0.2) is 0 Å². The number of nitrogens with two attached hydrogens (primary N) is 1. The predicted molar refractivity (Wildman–Crippen MR) is 65.2 cm³/mol. The number of aromatic hydroxyl groups is 1. The Bertz CT molecular complexity index is 413. The minimum Gasteiger partial charge on any atom is -0.507 e. The van der Waals surface area contributed by atoms with Crippen molar-refractivity contribution in [2.45, 2.75) is 0 Å². The molecule has 3 N–H and O–H groups in total. The fourth-order valence-electron chi connectivity index (χ4n) is 1.44. The molecule has 0 spiro atoms. The van der Waals surface area contributed by atoms with E-state index in [4.69, 9.17) is 5.73 Å². The van der Waals surface area contributed by atoms with Crippen LogP contribution in [-0.4, -0.2) is 5.11 Å². The summed E-state index contributed by atoms with van der Waals surface area (Å²) in [5.41, 5.74) is 8.12. The number of anilines is 1. The van der Waals surface area contributed by atoms with Gasteiger partial charge in [0.2, 0.25) is 0 Å². The molecule has 0 atom stereocenters. The Labute approximate surface area is 94.8 Å². The monoisotopic (exact) mass is 221 g/mol. The number of rotatable bonds is 1. The molecule has 0 fully saturated rings. The Morgan fingerprint density at radius 3 is 1.93 bits per heavy atom. The van der Waals surface area contributed by atoms with Crippen LogP contribution in [0.1, 0.15) is 0 Å². The van der Waals surface area contributed by atoms with Crippen LogP contribution in [0, 0.1) is 0 Å². The van der Waals surface area contributed by atoms with Crippen molar-refractivity contribution in [3.63, 3.8) is 0 Å². The summed E-state index contributed by atoms with van der Waals surface area (Å²) in [6.07, 6.45) is 0. The number of phenols is 1. The standard InChI is InChI=1S/C12H11NO.ClH/c13-11-7-3-1-5-9(11)10-6-2-4-8-12(10)14;/h1-8,14H,13H2;1H. The van der Waals surface area contributed by atoms with Gasteiger partial charge in [-0.15, -0.1) is 12.4 Å². The molecule has 0 radical (unpaired) electrons. The smallest absolute Gasteiger partial charge is 0.123 e. The molecule has 0 amide bonds. The maximum Gasteiger partial charge on any atom is 0.123 e. The van der Waals surface area contributed by atoms with E-state index < -0.39 is 0 Å². The Balaban J connectivity index is 0.00000112. The fourth-order valence-corrected chi connectivity index (χ4v) is 1.44. The van der Waals surface area contributed by atoms with Crippen molar-refractivity contribution in [2.24, 2.45) is 0 Å². The zero-order chi connectivity index (χ0) is 9.97. The van der Waals surface area contributed by atoms with Crippen LogP contribution in [-0.2, 0) is 0 Å². The van der Waals surface area contributed by atoms with Crippen molar-refractivity contribution in [3.8, 4) is 16.9 Å². The highest BCUT2D eigenvalue weighted by molar-refractivity contribution is 5.85. The molecule has 78 valence electrons. The van der Waals surface area contributed by atoms with E-state index in [-0.39, 0.29) is 18.2 Å². The average Bonchev–Trinajstić information content (AvgIpc) is 2.20. The molecule has 0 aromatic heterocycles. The summed E-state index contributed by atoms with van der Waals surface area (Å²) in [6.45, 7) is 0. The SMILES string of the molecule is Cl.Nc1ccccc1-c1ccccc1O. The van der Waals surface area contributed by atoms with E-state index in [0.717, 1.165) is 11.1 Å². The van der Waals surface area contributed by atoms with E-state index >= 15 is 0 Å². The van der Waals surface area contributed by atoms with Crippen LogP contribution in [0.2, 0.25) is 0 Å². The second-order valence-corrected chi connectivity index (χ2v) is 3.10. The summed E-state index contributed by atoms with van der Waals surface area (Å²) in [5.74, 6) is 0.255. The third kappa shape index (κ3) is 2.22. The average molecular weight is 222 g/mol. The molecule has 0 unspecified atom stereocenters. The molecule has 0 heterocycles. The quantitative estimate of drug-likeness (QED) is 0.727. The van der Waals surface area contributed by atoms with Crippen molar-refractivity contribution in [2.75, 3.05) is 5.73 Å². The van der Waals surface area contributed by atoms with Gasteiger partial charge in [0.1, 0.15) is 5.75 Å². The van der Waals surface area contributed by atoms with Gasteiger partial charge in [-0.2, -0.15) is 0 Å². The molecule has 3 heteroatoms. The lowest BCUT2D eigenvalue weighted by molar-refractivity contribution is 0.477. The third-order valence-electron chi connectivity index (χ3n) is 2.16. The second-order valence-electron chi connectivity index (χ2n) is 3.10. The minimum absolute atomic E-state index is 0. The highest BCUT2D eigenvalue weighted by Crippen LogP contribution is 2.32. The maximum absolute atomic E-state index is 9.63. The van der Waals surface area contributed by atoms with Crippen molar-refractivity contribution in [1.29, 1.82) is 0 Å². The second kappa shape index (κ2) is 4.71. The van der Waals surface area contributed by atoms with Crippen LogP contribution in [0.25, 0.3) is 11.1 Å². The summed E-state index contributed by atoms with van der Waals surface area (Å²) in [7, 11) is 0.